The third-order valence-electron chi connectivity index (χ3n) is 4.93. The minimum Gasteiger partial charge on any atom is -0.507 e. The van der Waals surface area contributed by atoms with Crippen LogP contribution in [0.2, 0.25) is 0 Å². The topological polar surface area (TPSA) is 55.5 Å². The monoisotopic (exact) mass is 345 g/mol. The van der Waals surface area contributed by atoms with E-state index in [4.69, 9.17) is 10.5 Å². The molecule has 0 fully saturated rings. The fourth-order valence-corrected chi connectivity index (χ4v) is 3.81. The molecule has 0 bridgehead atoms. The highest BCUT2D eigenvalue weighted by Gasteiger charge is 2.24. The lowest BCUT2D eigenvalue weighted by atomic mass is 9.93. The van der Waals surface area contributed by atoms with E-state index in [2.05, 4.69) is 42.5 Å². The van der Waals surface area contributed by atoms with Gasteiger partial charge in [0.25, 0.3) is 0 Å². The molecule has 0 spiro atoms. The van der Waals surface area contributed by atoms with Gasteiger partial charge in [-0.3, -0.25) is 0 Å². The molecule has 0 atom stereocenters. The number of rotatable bonds is 4. The van der Waals surface area contributed by atoms with E-state index in [-0.39, 0.29) is 18.4 Å². The fourth-order valence-electron chi connectivity index (χ4n) is 3.81. The lowest BCUT2D eigenvalue weighted by Crippen LogP contribution is -2.11. The van der Waals surface area contributed by atoms with Gasteiger partial charge in [0.05, 0.1) is 11.7 Å². The van der Waals surface area contributed by atoms with Crippen LogP contribution >= 0.6 is 0 Å². The van der Waals surface area contributed by atoms with Gasteiger partial charge in [0.2, 0.25) is 0 Å². The summed E-state index contributed by atoms with van der Waals surface area (Å²) in [6, 6.07) is 18.6. The van der Waals surface area contributed by atoms with Crippen LogP contribution in [0.3, 0.4) is 0 Å². The normalized spacial score (nSPS) is 12.2. The Kier molecular flexibility index (Phi) is 4.17. The summed E-state index contributed by atoms with van der Waals surface area (Å²) in [5.41, 5.74) is 13.9. The van der Waals surface area contributed by atoms with Crippen LogP contribution in [0.1, 0.15) is 30.5 Å². The van der Waals surface area contributed by atoms with Gasteiger partial charge in [0, 0.05) is 12.1 Å². The molecule has 0 radical (unpaired) electrons. The molecule has 0 saturated heterocycles. The third-order valence-corrected chi connectivity index (χ3v) is 4.93. The summed E-state index contributed by atoms with van der Waals surface area (Å²) in [4.78, 5) is 0. The first-order chi connectivity index (χ1) is 12.6. The lowest BCUT2D eigenvalue weighted by Gasteiger charge is -2.20. The number of ether oxygens (including phenoxy) is 1. The maximum absolute atomic E-state index is 10.3. The van der Waals surface area contributed by atoms with Crippen LogP contribution in [0.5, 0.6) is 11.5 Å². The zero-order chi connectivity index (χ0) is 18.3. The second kappa shape index (κ2) is 6.50. The average molecular weight is 345 g/mol. The second-order valence-electron chi connectivity index (χ2n) is 6.98. The van der Waals surface area contributed by atoms with Crippen LogP contribution in [0.25, 0.3) is 22.3 Å². The molecule has 1 aliphatic rings. The summed E-state index contributed by atoms with van der Waals surface area (Å²) in [7, 11) is 0. The highest BCUT2D eigenvalue weighted by molar-refractivity contribution is 5.87. The fraction of sp³-hybridized carbons (Fsp3) is 0.217. The minimum atomic E-state index is -0.00481. The van der Waals surface area contributed by atoms with E-state index in [9.17, 15) is 5.11 Å². The summed E-state index contributed by atoms with van der Waals surface area (Å²) < 4.78 is 6.10. The van der Waals surface area contributed by atoms with Crippen molar-refractivity contribution in [3.05, 3.63) is 71.3 Å². The van der Waals surface area contributed by atoms with Gasteiger partial charge in [0.15, 0.2) is 0 Å². The minimum absolute atomic E-state index is 0.00481. The summed E-state index contributed by atoms with van der Waals surface area (Å²) in [6.45, 7) is 4.20. The largest absolute Gasteiger partial charge is 0.507 e. The maximum Gasteiger partial charge on any atom is 0.135 e. The van der Waals surface area contributed by atoms with Crippen molar-refractivity contribution in [2.24, 2.45) is 5.73 Å². The van der Waals surface area contributed by atoms with Crippen LogP contribution in [0.4, 0.5) is 0 Å². The van der Waals surface area contributed by atoms with E-state index in [1.54, 1.807) is 6.07 Å². The third kappa shape index (κ3) is 2.65. The molecule has 0 unspecified atom stereocenters. The molecular weight excluding hydrogens is 322 g/mol. The Morgan fingerprint density at radius 3 is 2.35 bits per heavy atom. The lowest BCUT2D eigenvalue weighted by molar-refractivity contribution is 0.240. The second-order valence-corrected chi connectivity index (χ2v) is 6.98. The van der Waals surface area contributed by atoms with Crippen molar-refractivity contribution >= 4 is 0 Å². The standard InChI is InChI=1S/C23H23NO2/c1-14(2)26-23-19(10-11-22(25)21(23)13-24)18-9-5-8-17-16-7-4-3-6-15(16)12-20(17)18/h3-11,14,25H,12-13,24H2,1-2H3. The van der Waals surface area contributed by atoms with E-state index < -0.39 is 0 Å². The van der Waals surface area contributed by atoms with E-state index in [0.717, 1.165) is 17.5 Å². The molecule has 0 amide bonds. The SMILES string of the molecule is CC(C)Oc1c(-c2cccc3c2Cc2ccccc2-3)ccc(O)c1CN. The van der Waals surface area contributed by atoms with Crippen LogP contribution < -0.4 is 10.5 Å². The van der Waals surface area contributed by atoms with Crippen molar-refractivity contribution in [1.82, 2.24) is 0 Å². The van der Waals surface area contributed by atoms with Crippen molar-refractivity contribution in [3.63, 3.8) is 0 Å². The molecule has 1 aliphatic carbocycles. The van der Waals surface area contributed by atoms with Crippen molar-refractivity contribution in [2.75, 3.05) is 0 Å². The van der Waals surface area contributed by atoms with E-state index >= 15 is 0 Å². The van der Waals surface area contributed by atoms with Gasteiger partial charge in [-0.15, -0.1) is 0 Å². The van der Waals surface area contributed by atoms with Crippen LogP contribution in [-0.4, -0.2) is 11.2 Å². The van der Waals surface area contributed by atoms with E-state index in [0.29, 0.717) is 11.3 Å². The van der Waals surface area contributed by atoms with Gasteiger partial charge >= 0.3 is 0 Å². The number of hydrogen-bond acceptors (Lipinski definition) is 3. The van der Waals surface area contributed by atoms with Crippen molar-refractivity contribution in [3.8, 4) is 33.8 Å². The molecule has 0 aliphatic heterocycles. The predicted molar refractivity (Wildman–Crippen MR) is 105 cm³/mol. The Morgan fingerprint density at radius 2 is 1.62 bits per heavy atom. The highest BCUT2D eigenvalue weighted by Crippen LogP contribution is 2.45. The highest BCUT2D eigenvalue weighted by atomic mass is 16.5. The van der Waals surface area contributed by atoms with Crippen molar-refractivity contribution < 1.29 is 9.84 Å². The molecule has 132 valence electrons. The Bertz CT molecular complexity index is 976. The Labute approximate surface area is 154 Å². The summed E-state index contributed by atoms with van der Waals surface area (Å²) >= 11 is 0. The van der Waals surface area contributed by atoms with Gasteiger partial charge in [-0.1, -0.05) is 42.5 Å². The molecule has 4 rings (SSSR count). The first kappa shape index (κ1) is 16.7. The number of phenols is 1. The number of fused-ring (bicyclic) bond motifs is 3. The van der Waals surface area contributed by atoms with Gasteiger partial charge in [-0.05, 0) is 60.2 Å². The average Bonchev–Trinajstić information content (AvgIpc) is 3.01. The molecule has 0 heterocycles. The maximum atomic E-state index is 10.3. The Morgan fingerprint density at radius 1 is 0.923 bits per heavy atom. The van der Waals surface area contributed by atoms with E-state index in [1.807, 2.05) is 19.9 Å². The molecule has 3 aromatic carbocycles. The smallest absolute Gasteiger partial charge is 0.135 e. The molecule has 0 saturated carbocycles. The van der Waals surface area contributed by atoms with Crippen molar-refractivity contribution in [2.45, 2.75) is 32.9 Å². The number of phenolic OH excluding ortho intramolecular Hbond substituents is 1. The van der Waals surface area contributed by atoms with Gasteiger partial charge in [-0.2, -0.15) is 0 Å². The van der Waals surface area contributed by atoms with Crippen LogP contribution in [0, 0.1) is 0 Å². The van der Waals surface area contributed by atoms with Crippen LogP contribution in [-0.2, 0) is 13.0 Å². The summed E-state index contributed by atoms with van der Waals surface area (Å²) in [6.07, 6.45) is 0.900. The molecule has 3 N–H and O–H groups in total. The molecule has 3 heteroatoms. The van der Waals surface area contributed by atoms with Gasteiger partial charge in [-0.25, -0.2) is 0 Å². The summed E-state index contributed by atoms with van der Waals surface area (Å²) in [5.74, 6) is 0.870. The Hall–Kier alpha value is -2.78. The first-order valence-corrected chi connectivity index (χ1v) is 9.02. The number of hydrogen-bond donors (Lipinski definition) is 2. The number of benzene rings is 3. The summed E-state index contributed by atoms with van der Waals surface area (Å²) in [5, 5.41) is 10.3. The zero-order valence-corrected chi connectivity index (χ0v) is 15.1. The molecule has 3 nitrogen and oxygen atoms in total. The first-order valence-electron chi connectivity index (χ1n) is 9.02. The van der Waals surface area contributed by atoms with E-state index in [1.165, 1.54) is 22.3 Å². The molecule has 3 aromatic rings. The molecular formula is C23H23NO2. The predicted octanol–water partition coefficient (Wildman–Crippen LogP) is 4.88. The number of nitrogens with two attached hydrogens (primary N) is 1. The van der Waals surface area contributed by atoms with Crippen LogP contribution in [0.15, 0.2) is 54.6 Å². The molecule has 0 aromatic heterocycles. The molecule has 26 heavy (non-hydrogen) atoms. The Balaban J connectivity index is 1.93. The number of aromatic hydroxyl groups is 1. The van der Waals surface area contributed by atoms with Gasteiger partial charge < -0.3 is 15.6 Å². The van der Waals surface area contributed by atoms with Crippen molar-refractivity contribution in [1.29, 1.82) is 0 Å². The zero-order valence-electron chi connectivity index (χ0n) is 15.1. The van der Waals surface area contributed by atoms with Gasteiger partial charge in [0.1, 0.15) is 11.5 Å². The quantitative estimate of drug-likeness (QED) is 0.554.